The lowest BCUT2D eigenvalue weighted by atomic mass is 10.0. The van der Waals surface area contributed by atoms with Crippen LogP contribution in [0.25, 0.3) is 0 Å². The Morgan fingerprint density at radius 3 is 2.28 bits per heavy atom. The van der Waals surface area contributed by atoms with E-state index in [-0.39, 0.29) is 24.7 Å². The Kier molecular flexibility index (Phi) is 5.75. The lowest BCUT2D eigenvalue weighted by Gasteiger charge is -2.15. The molecule has 1 aromatic carbocycles. The largest absolute Gasteiger partial charge is 0.479 e. The van der Waals surface area contributed by atoms with Gasteiger partial charge in [-0.1, -0.05) is 21.3 Å². The van der Waals surface area contributed by atoms with E-state index in [9.17, 15) is 13.6 Å². The molecule has 18 heavy (non-hydrogen) atoms. The molecule has 0 heterocycles. The third kappa shape index (κ3) is 3.42. The van der Waals surface area contributed by atoms with Crippen LogP contribution in [-0.4, -0.2) is 17.2 Å². The van der Waals surface area contributed by atoms with Crippen LogP contribution in [0.4, 0.5) is 8.78 Å². The Labute approximate surface area is 105 Å². The van der Waals surface area contributed by atoms with Crippen molar-refractivity contribution in [2.75, 3.05) is 0 Å². The molecule has 1 rings (SSSR count). The molecular formula is C13H18F2O3. The minimum absolute atomic E-state index is 0. The maximum Gasteiger partial charge on any atom is 0.344 e. The molecule has 1 N–H and O–H groups in total. The second kappa shape index (κ2) is 6.33. The first-order chi connectivity index (χ1) is 7.84. The highest BCUT2D eigenvalue weighted by Crippen LogP contribution is 2.29. The van der Waals surface area contributed by atoms with Gasteiger partial charge < -0.3 is 9.84 Å². The zero-order valence-corrected chi connectivity index (χ0v) is 9.83. The minimum atomic E-state index is -1.21. The Morgan fingerprint density at radius 1 is 1.28 bits per heavy atom. The van der Waals surface area contributed by atoms with Crippen molar-refractivity contribution in [3.63, 3.8) is 0 Å². The van der Waals surface area contributed by atoms with Crippen LogP contribution in [0.3, 0.4) is 0 Å². The lowest BCUT2D eigenvalue weighted by molar-refractivity contribution is -0.144. The predicted octanol–water partition coefficient (Wildman–Crippen LogP) is 3.58. The Morgan fingerprint density at radius 2 is 1.83 bits per heavy atom. The molecular weight excluding hydrogens is 242 g/mol. The van der Waals surface area contributed by atoms with Crippen LogP contribution in [0.5, 0.6) is 5.75 Å². The summed E-state index contributed by atoms with van der Waals surface area (Å²) in [4.78, 5) is 10.6. The van der Waals surface area contributed by atoms with E-state index in [1.807, 2.05) is 0 Å². The monoisotopic (exact) mass is 260 g/mol. The first kappa shape index (κ1) is 16.4. The summed E-state index contributed by atoms with van der Waals surface area (Å²) in [7, 11) is 0. The summed E-state index contributed by atoms with van der Waals surface area (Å²) in [5.74, 6) is -3.30. The summed E-state index contributed by atoms with van der Waals surface area (Å²) >= 11 is 0. The van der Waals surface area contributed by atoms with Crippen molar-refractivity contribution in [3.8, 4) is 5.75 Å². The molecule has 0 spiro atoms. The molecule has 0 radical (unpaired) electrons. The highest BCUT2D eigenvalue weighted by molar-refractivity contribution is 5.72. The molecule has 1 unspecified atom stereocenters. The zero-order valence-electron chi connectivity index (χ0n) is 9.83. The quantitative estimate of drug-likeness (QED) is 0.900. The Hall–Kier alpha value is -1.65. The third-order valence-corrected chi connectivity index (χ3v) is 2.32. The van der Waals surface area contributed by atoms with Gasteiger partial charge in [0.15, 0.2) is 17.7 Å². The highest BCUT2D eigenvalue weighted by atomic mass is 19.1. The number of hydrogen-bond donors (Lipinski definition) is 1. The summed E-state index contributed by atoms with van der Waals surface area (Å²) in [5, 5.41) is 8.65. The lowest BCUT2D eigenvalue weighted by Crippen LogP contribution is -2.23. The summed E-state index contributed by atoms with van der Waals surface area (Å²) in [6.45, 7) is 4.57. The maximum absolute atomic E-state index is 13.8. The van der Waals surface area contributed by atoms with E-state index in [0.717, 1.165) is 12.1 Å². The van der Waals surface area contributed by atoms with E-state index in [2.05, 4.69) is 0 Å². The second-order valence-corrected chi connectivity index (χ2v) is 4.03. The molecule has 0 amide bonds. The average Bonchev–Trinajstić information content (AvgIpc) is 2.21. The molecule has 0 saturated heterocycles. The summed E-state index contributed by atoms with van der Waals surface area (Å²) in [6, 6.07) is 2.16. The van der Waals surface area contributed by atoms with E-state index in [1.54, 1.807) is 13.8 Å². The van der Waals surface area contributed by atoms with E-state index in [0.29, 0.717) is 0 Å². The smallest absolute Gasteiger partial charge is 0.344 e. The molecule has 0 fully saturated rings. The molecule has 0 aromatic heterocycles. The van der Waals surface area contributed by atoms with E-state index < -0.39 is 23.7 Å². The number of carbonyl (C=O) groups is 1. The number of ether oxygens (including phenoxy) is 1. The SMILES string of the molecule is C.CC(Oc1ccc(F)c(C(C)C)c1F)C(=O)O. The number of halogens is 2. The van der Waals surface area contributed by atoms with Gasteiger partial charge in [-0.25, -0.2) is 13.6 Å². The summed E-state index contributed by atoms with van der Waals surface area (Å²) in [6.07, 6.45) is -1.19. The van der Waals surface area contributed by atoms with E-state index in [4.69, 9.17) is 9.84 Å². The Bertz CT molecular complexity index is 430. The molecule has 0 saturated carbocycles. The number of carboxylic acid groups (broad SMARTS) is 1. The molecule has 102 valence electrons. The molecule has 0 aliphatic rings. The molecule has 1 aromatic rings. The van der Waals surface area contributed by atoms with Crippen LogP contribution in [0.15, 0.2) is 12.1 Å². The topological polar surface area (TPSA) is 46.5 Å². The van der Waals surface area contributed by atoms with Gasteiger partial charge in [-0.3, -0.25) is 0 Å². The van der Waals surface area contributed by atoms with Gasteiger partial charge in [0.05, 0.1) is 0 Å². The molecule has 5 heteroatoms. The van der Waals surface area contributed by atoms with E-state index in [1.165, 1.54) is 6.92 Å². The average molecular weight is 260 g/mol. The van der Waals surface area contributed by atoms with Gasteiger partial charge in [0.1, 0.15) is 5.82 Å². The molecule has 3 nitrogen and oxygen atoms in total. The van der Waals surface area contributed by atoms with Gasteiger partial charge in [0, 0.05) is 5.56 Å². The first-order valence-electron chi connectivity index (χ1n) is 5.22. The second-order valence-electron chi connectivity index (χ2n) is 4.03. The van der Waals surface area contributed by atoms with Crippen LogP contribution in [-0.2, 0) is 4.79 Å². The van der Waals surface area contributed by atoms with Crippen molar-refractivity contribution in [3.05, 3.63) is 29.3 Å². The normalized spacial score (nSPS) is 11.9. The van der Waals surface area contributed by atoms with Crippen LogP contribution < -0.4 is 4.74 Å². The number of benzene rings is 1. The van der Waals surface area contributed by atoms with Crippen molar-refractivity contribution >= 4 is 5.97 Å². The highest BCUT2D eigenvalue weighted by Gasteiger charge is 2.20. The van der Waals surface area contributed by atoms with Gasteiger partial charge in [0.25, 0.3) is 0 Å². The van der Waals surface area contributed by atoms with Crippen LogP contribution in [0.2, 0.25) is 0 Å². The molecule has 0 aliphatic carbocycles. The van der Waals surface area contributed by atoms with Crippen molar-refractivity contribution in [2.45, 2.75) is 40.2 Å². The van der Waals surface area contributed by atoms with Gasteiger partial charge in [-0.2, -0.15) is 0 Å². The number of hydrogen-bond acceptors (Lipinski definition) is 2. The van der Waals surface area contributed by atoms with Crippen molar-refractivity contribution in [1.82, 2.24) is 0 Å². The maximum atomic E-state index is 13.8. The van der Waals surface area contributed by atoms with Gasteiger partial charge in [-0.05, 0) is 25.0 Å². The van der Waals surface area contributed by atoms with Crippen molar-refractivity contribution in [2.24, 2.45) is 0 Å². The van der Waals surface area contributed by atoms with Crippen LogP contribution in [0.1, 0.15) is 39.7 Å². The number of rotatable bonds is 4. The van der Waals surface area contributed by atoms with E-state index >= 15 is 0 Å². The number of aliphatic carboxylic acids is 1. The minimum Gasteiger partial charge on any atom is -0.479 e. The van der Waals surface area contributed by atoms with Gasteiger partial charge in [-0.15, -0.1) is 0 Å². The first-order valence-corrected chi connectivity index (χ1v) is 5.22. The molecule has 1 atom stereocenters. The third-order valence-electron chi connectivity index (χ3n) is 2.32. The standard InChI is InChI=1S/C12H14F2O3.CH4/c1-6(2)10-8(13)4-5-9(11(10)14)17-7(3)12(15)16;/h4-7H,1-3H3,(H,15,16);1H4. The number of carboxylic acids is 1. The van der Waals surface area contributed by atoms with Crippen LogP contribution in [0, 0.1) is 11.6 Å². The zero-order chi connectivity index (χ0) is 13.2. The van der Waals surface area contributed by atoms with Crippen LogP contribution >= 0.6 is 0 Å². The van der Waals surface area contributed by atoms with Crippen molar-refractivity contribution in [1.29, 1.82) is 0 Å². The predicted molar refractivity (Wildman–Crippen MR) is 64.9 cm³/mol. The summed E-state index contributed by atoms with van der Waals surface area (Å²) < 4.78 is 32.1. The van der Waals surface area contributed by atoms with Gasteiger partial charge in [0.2, 0.25) is 0 Å². The molecule has 0 aliphatic heterocycles. The summed E-state index contributed by atoms with van der Waals surface area (Å²) in [5.41, 5.74) is -0.0971. The fourth-order valence-electron chi connectivity index (χ4n) is 1.41. The Balaban J connectivity index is 0.00000289. The van der Waals surface area contributed by atoms with Crippen molar-refractivity contribution < 1.29 is 23.4 Å². The fraction of sp³-hybridized carbons (Fsp3) is 0.462. The van der Waals surface area contributed by atoms with Gasteiger partial charge >= 0.3 is 5.97 Å². The molecule has 0 bridgehead atoms. The fourth-order valence-corrected chi connectivity index (χ4v) is 1.41.